The summed E-state index contributed by atoms with van der Waals surface area (Å²) in [7, 11) is 4.23. The largest absolute Gasteiger partial charge is 0.398 e. The Morgan fingerprint density at radius 3 is 2.36 bits per heavy atom. The number of hydrogen-bond acceptors (Lipinski definition) is 4. The number of imide groups is 1. The maximum Gasteiger partial charge on any atom is 0.263 e. The van der Waals surface area contributed by atoms with Gasteiger partial charge in [-0.15, -0.1) is 0 Å². The molecule has 146 valence electrons. The summed E-state index contributed by atoms with van der Waals surface area (Å²) in [6.45, 7) is 1.47. The van der Waals surface area contributed by atoms with Gasteiger partial charge in [0.05, 0.1) is 11.1 Å². The Bertz CT molecular complexity index is 914. The number of carbonyl (C=O) groups excluding carboxylic acids is 2. The number of amides is 2. The Hall–Kier alpha value is -2.66. The van der Waals surface area contributed by atoms with Crippen LogP contribution >= 0.6 is 0 Å². The molecule has 5 nitrogen and oxygen atoms in total. The van der Waals surface area contributed by atoms with E-state index in [0.29, 0.717) is 35.2 Å². The highest BCUT2D eigenvalue weighted by atomic mass is 16.2. The second-order valence-corrected chi connectivity index (χ2v) is 8.31. The Labute approximate surface area is 166 Å². The van der Waals surface area contributed by atoms with Crippen LogP contribution in [0.4, 0.5) is 5.69 Å². The van der Waals surface area contributed by atoms with Crippen LogP contribution in [0.15, 0.2) is 42.5 Å². The number of rotatable bonds is 7. The zero-order valence-electron chi connectivity index (χ0n) is 16.6. The van der Waals surface area contributed by atoms with E-state index >= 15 is 0 Å². The summed E-state index contributed by atoms with van der Waals surface area (Å²) in [5.74, 6) is -0.528. The van der Waals surface area contributed by atoms with Crippen LogP contribution in [0, 0.1) is 0 Å². The molecule has 1 aliphatic carbocycles. The van der Waals surface area contributed by atoms with Crippen LogP contribution < -0.4 is 5.73 Å². The van der Waals surface area contributed by atoms with E-state index in [2.05, 4.69) is 43.3 Å². The van der Waals surface area contributed by atoms with Gasteiger partial charge < -0.3 is 10.6 Å². The van der Waals surface area contributed by atoms with Crippen molar-refractivity contribution in [3.8, 4) is 0 Å². The maximum absolute atomic E-state index is 12.6. The Morgan fingerprint density at radius 1 is 1.04 bits per heavy atom. The average Bonchev–Trinajstić information content (AvgIpc) is 3.43. The van der Waals surface area contributed by atoms with Gasteiger partial charge in [-0.25, -0.2) is 0 Å². The van der Waals surface area contributed by atoms with Gasteiger partial charge in [-0.1, -0.05) is 30.3 Å². The highest BCUT2D eigenvalue weighted by Gasteiger charge is 2.43. The predicted molar refractivity (Wildman–Crippen MR) is 110 cm³/mol. The number of benzene rings is 2. The minimum Gasteiger partial charge on any atom is -0.398 e. The van der Waals surface area contributed by atoms with Crippen molar-refractivity contribution in [1.29, 1.82) is 0 Å². The van der Waals surface area contributed by atoms with E-state index in [4.69, 9.17) is 5.73 Å². The average molecular weight is 377 g/mol. The Balaban J connectivity index is 1.41. The summed E-state index contributed by atoms with van der Waals surface area (Å²) in [5.41, 5.74) is 9.92. The van der Waals surface area contributed by atoms with Gasteiger partial charge in [0.15, 0.2) is 0 Å². The van der Waals surface area contributed by atoms with Crippen molar-refractivity contribution in [3.63, 3.8) is 0 Å². The second kappa shape index (κ2) is 7.06. The minimum atomic E-state index is -0.282. The normalized spacial score (nSPS) is 17.3. The van der Waals surface area contributed by atoms with Crippen molar-refractivity contribution in [2.45, 2.75) is 31.1 Å². The SMILES string of the molecule is CN(C)CCC1(c2ccc(CCN3C(=O)c4cccc(N)c4C3=O)cc2)CC1. The van der Waals surface area contributed by atoms with Crippen LogP contribution in [0.25, 0.3) is 0 Å². The molecule has 1 fully saturated rings. The molecule has 2 amide bonds. The topological polar surface area (TPSA) is 66.6 Å². The third-order valence-corrected chi connectivity index (χ3v) is 6.11. The van der Waals surface area contributed by atoms with E-state index in [1.165, 1.54) is 29.7 Å². The van der Waals surface area contributed by atoms with Crippen molar-refractivity contribution >= 4 is 17.5 Å². The van der Waals surface area contributed by atoms with Crippen molar-refractivity contribution in [3.05, 3.63) is 64.7 Å². The summed E-state index contributed by atoms with van der Waals surface area (Å²) in [5, 5.41) is 0. The van der Waals surface area contributed by atoms with E-state index in [-0.39, 0.29) is 11.8 Å². The molecule has 2 N–H and O–H groups in total. The molecule has 0 atom stereocenters. The van der Waals surface area contributed by atoms with Gasteiger partial charge in [-0.05, 0) is 75.0 Å². The van der Waals surface area contributed by atoms with Crippen LogP contribution in [0.5, 0.6) is 0 Å². The van der Waals surface area contributed by atoms with Crippen molar-refractivity contribution in [2.24, 2.45) is 0 Å². The highest BCUT2D eigenvalue weighted by Crippen LogP contribution is 2.51. The fourth-order valence-electron chi connectivity index (χ4n) is 4.10. The molecule has 0 unspecified atom stereocenters. The van der Waals surface area contributed by atoms with Crippen molar-refractivity contribution in [1.82, 2.24) is 9.80 Å². The van der Waals surface area contributed by atoms with Gasteiger partial charge in [-0.2, -0.15) is 0 Å². The zero-order chi connectivity index (χ0) is 19.9. The number of nitrogens with zero attached hydrogens (tertiary/aromatic N) is 2. The summed E-state index contributed by atoms with van der Waals surface area (Å²) in [4.78, 5) is 28.7. The molecule has 0 saturated heterocycles. The summed E-state index contributed by atoms with van der Waals surface area (Å²) < 4.78 is 0. The Kier molecular flexibility index (Phi) is 4.71. The van der Waals surface area contributed by atoms with Crippen LogP contribution in [0.3, 0.4) is 0 Å². The second-order valence-electron chi connectivity index (χ2n) is 8.31. The van der Waals surface area contributed by atoms with E-state index in [0.717, 1.165) is 12.1 Å². The fraction of sp³-hybridized carbons (Fsp3) is 0.391. The van der Waals surface area contributed by atoms with Crippen molar-refractivity contribution < 1.29 is 9.59 Å². The quantitative estimate of drug-likeness (QED) is 0.595. The monoisotopic (exact) mass is 377 g/mol. The first-order chi connectivity index (χ1) is 13.4. The van der Waals surface area contributed by atoms with Gasteiger partial charge >= 0.3 is 0 Å². The van der Waals surface area contributed by atoms with Gasteiger partial charge in [-0.3, -0.25) is 14.5 Å². The standard InChI is InChI=1S/C23H27N3O2/c1-25(2)15-13-23(11-12-23)17-8-6-16(7-9-17)10-14-26-21(27)18-4-3-5-19(24)20(18)22(26)28/h3-9H,10-15,24H2,1-2H3. The molecule has 1 saturated carbocycles. The lowest BCUT2D eigenvalue weighted by Gasteiger charge is -2.19. The first-order valence-electron chi connectivity index (χ1n) is 9.90. The molecule has 2 aromatic carbocycles. The van der Waals surface area contributed by atoms with Crippen LogP contribution in [0.2, 0.25) is 0 Å². The van der Waals surface area contributed by atoms with Gasteiger partial charge in [0.1, 0.15) is 0 Å². The molecule has 0 radical (unpaired) electrons. The number of anilines is 1. The highest BCUT2D eigenvalue weighted by molar-refractivity contribution is 6.23. The molecular weight excluding hydrogens is 350 g/mol. The number of nitrogens with two attached hydrogens (primary N) is 1. The van der Waals surface area contributed by atoms with Gasteiger partial charge in [0, 0.05) is 12.2 Å². The number of hydrogen-bond donors (Lipinski definition) is 1. The third-order valence-electron chi connectivity index (χ3n) is 6.11. The molecule has 28 heavy (non-hydrogen) atoms. The fourth-order valence-corrected chi connectivity index (χ4v) is 4.10. The molecular formula is C23H27N3O2. The molecule has 0 bridgehead atoms. The van der Waals surface area contributed by atoms with E-state index in [9.17, 15) is 9.59 Å². The van der Waals surface area contributed by atoms with Gasteiger partial charge in [0.2, 0.25) is 0 Å². The molecule has 5 heteroatoms. The van der Waals surface area contributed by atoms with E-state index in [1.54, 1.807) is 18.2 Å². The smallest absolute Gasteiger partial charge is 0.263 e. The van der Waals surface area contributed by atoms with Crippen LogP contribution in [-0.2, 0) is 11.8 Å². The van der Waals surface area contributed by atoms with Gasteiger partial charge in [0.25, 0.3) is 11.8 Å². The number of fused-ring (bicyclic) bond motifs is 1. The lowest BCUT2D eigenvalue weighted by Crippen LogP contribution is -2.31. The summed E-state index contributed by atoms with van der Waals surface area (Å²) in [6, 6.07) is 13.8. The lowest BCUT2D eigenvalue weighted by molar-refractivity contribution is 0.0656. The predicted octanol–water partition coefficient (Wildman–Crippen LogP) is 3.09. The minimum absolute atomic E-state index is 0.246. The molecule has 0 spiro atoms. The molecule has 0 aromatic heterocycles. The maximum atomic E-state index is 12.6. The molecule has 2 aromatic rings. The lowest BCUT2D eigenvalue weighted by atomic mass is 9.91. The van der Waals surface area contributed by atoms with E-state index < -0.39 is 0 Å². The molecule has 4 rings (SSSR count). The number of carbonyl (C=O) groups is 2. The molecule has 1 heterocycles. The third kappa shape index (κ3) is 3.31. The first kappa shape index (κ1) is 18.7. The zero-order valence-corrected chi connectivity index (χ0v) is 16.6. The molecule has 1 aliphatic heterocycles. The first-order valence-corrected chi connectivity index (χ1v) is 9.90. The Morgan fingerprint density at radius 2 is 1.75 bits per heavy atom. The summed E-state index contributed by atoms with van der Waals surface area (Å²) in [6.07, 6.45) is 4.36. The summed E-state index contributed by atoms with van der Waals surface area (Å²) >= 11 is 0. The number of nitrogen functional groups attached to an aromatic ring is 1. The van der Waals surface area contributed by atoms with Crippen LogP contribution in [0.1, 0.15) is 51.1 Å². The van der Waals surface area contributed by atoms with E-state index in [1.807, 2.05) is 0 Å². The van der Waals surface area contributed by atoms with Crippen LogP contribution in [-0.4, -0.2) is 48.8 Å². The van der Waals surface area contributed by atoms with Crippen molar-refractivity contribution in [2.75, 3.05) is 32.9 Å². The molecule has 2 aliphatic rings.